The number of ether oxygens (including phenoxy) is 1. The SMILES string of the molecule is CCCCCCCCCn1nc(N)c(C(N)=O)c1-c1ccccc1Oc1ccccc1. The Morgan fingerprint density at radius 1 is 0.935 bits per heavy atom. The highest BCUT2D eigenvalue weighted by Gasteiger charge is 2.24. The Morgan fingerprint density at radius 2 is 1.58 bits per heavy atom. The largest absolute Gasteiger partial charge is 0.457 e. The zero-order valence-corrected chi connectivity index (χ0v) is 18.2. The maximum absolute atomic E-state index is 12.2. The van der Waals surface area contributed by atoms with Crippen molar-refractivity contribution < 1.29 is 9.53 Å². The van der Waals surface area contributed by atoms with Crippen molar-refractivity contribution in [2.24, 2.45) is 5.73 Å². The lowest BCUT2D eigenvalue weighted by molar-refractivity contribution is 0.100. The molecule has 0 spiro atoms. The van der Waals surface area contributed by atoms with Crippen LogP contribution in [0.1, 0.15) is 62.2 Å². The first-order valence-electron chi connectivity index (χ1n) is 11.1. The molecule has 0 aliphatic carbocycles. The summed E-state index contributed by atoms with van der Waals surface area (Å²) >= 11 is 0. The van der Waals surface area contributed by atoms with E-state index in [0.717, 1.165) is 18.4 Å². The van der Waals surface area contributed by atoms with E-state index in [9.17, 15) is 4.79 Å². The van der Waals surface area contributed by atoms with Crippen LogP contribution >= 0.6 is 0 Å². The van der Waals surface area contributed by atoms with Crippen molar-refractivity contribution in [3.8, 4) is 22.8 Å². The van der Waals surface area contributed by atoms with Gasteiger partial charge in [0, 0.05) is 12.1 Å². The van der Waals surface area contributed by atoms with Crippen molar-refractivity contribution in [3.05, 3.63) is 60.2 Å². The second kappa shape index (κ2) is 11.2. The van der Waals surface area contributed by atoms with Crippen molar-refractivity contribution in [2.75, 3.05) is 5.73 Å². The number of nitrogen functional groups attached to an aromatic ring is 1. The Hall–Kier alpha value is -3.28. The standard InChI is InChI=1S/C25H32N4O2/c1-2-3-4-5-6-7-13-18-29-23(22(25(27)30)24(26)28-29)20-16-11-12-17-21(20)31-19-14-9-8-10-15-19/h8-12,14-17H,2-7,13,18H2,1H3,(H2,26,28)(H2,27,30). The molecule has 0 fully saturated rings. The Morgan fingerprint density at radius 3 is 2.29 bits per heavy atom. The number of anilines is 1. The molecule has 0 radical (unpaired) electrons. The van der Waals surface area contributed by atoms with Gasteiger partial charge >= 0.3 is 0 Å². The Labute approximate surface area is 184 Å². The molecule has 1 aromatic heterocycles. The van der Waals surface area contributed by atoms with E-state index in [1.54, 1.807) is 4.68 Å². The number of amides is 1. The van der Waals surface area contributed by atoms with Crippen LogP contribution in [0.15, 0.2) is 54.6 Å². The maximum atomic E-state index is 12.2. The molecule has 0 atom stereocenters. The molecular formula is C25H32N4O2. The molecule has 31 heavy (non-hydrogen) atoms. The molecule has 0 bridgehead atoms. The van der Waals surface area contributed by atoms with Gasteiger partial charge in [-0.1, -0.05) is 75.8 Å². The Balaban J connectivity index is 1.85. The van der Waals surface area contributed by atoms with Gasteiger partial charge in [-0.05, 0) is 30.7 Å². The van der Waals surface area contributed by atoms with Crippen molar-refractivity contribution in [1.29, 1.82) is 0 Å². The summed E-state index contributed by atoms with van der Waals surface area (Å²) in [5, 5.41) is 4.44. The van der Waals surface area contributed by atoms with Gasteiger partial charge in [0.25, 0.3) is 5.91 Å². The maximum Gasteiger partial charge on any atom is 0.254 e. The number of hydrogen-bond acceptors (Lipinski definition) is 4. The lowest BCUT2D eigenvalue weighted by Crippen LogP contribution is -2.14. The van der Waals surface area contributed by atoms with Crippen LogP contribution in [0.4, 0.5) is 5.82 Å². The molecule has 164 valence electrons. The van der Waals surface area contributed by atoms with Crippen LogP contribution in [-0.2, 0) is 6.54 Å². The number of primary amides is 1. The van der Waals surface area contributed by atoms with Crippen LogP contribution in [0, 0.1) is 0 Å². The lowest BCUT2D eigenvalue weighted by Gasteiger charge is -2.14. The van der Waals surface area contributed by atoms with E-state index in [2.05, 4.69) is 12.0 Å². The number of carbonyl (C=O) groups is 1. The molecule has 1 heterocycles. The highest BCUT2D eigenvalue weighted by atomic mass is 16.5. The summed E-state index contributed by atoms with van der Waals surface area (Å²) in [6, 6.07) is 17.1. The number of para-hydroxylation sites is 2. The smallest absolute Gasteiger partial charge is 0.254 e. The summed E-state index contributed by atoms with van der Waals surface area (Å²) in [4.78, 5) is 12.2. The van der Waals surface area contributed by atoms with E-state index < -0.39 is 5.91 Å². The molecule has 0 saturated carbocycles. The number of carbonyl (C=O) groups excluding carboxylic acids is 1. The molecule has 0 saturated heterocycles. The van der Waals surface area contributed by atoms with Crippen LogP contribution in [0.2, 0.25) is 0 Å². The average molecular weight is 421 g/mol. The van der Waals surface area contributed by atoms with Crippen molar-refractivity contribution in [2.45, 2.75) is 58.4 Å². The number of aryl methyl sites for hydroxylation is 1. The molecular weight excluding hydrogens is 388 g/mol. The number of nitrogens with zero attached hydrogens (tertiary/aromatic N) is 2. The summed E-state index contributed by atoms with van der Waals surface area (Å²) in [6.07, 6.45) is 8.34. The normalized spacial score (nSPS) is 10.9. The van der Waals surface area contributed by atoms with Crippen LogP contribution in [0.5, 0.6) is 11.5 Å². The highest BCUT2D eigenvalue weighted by molar-refractivity contribution is 6.03. The minimum absolute atomic E-state index is 0.153. The van der Waals surface area contributed by atoms with Crippen molar-refractivity contribution >= 4 is 11.7 Å². The van der Waals surface area contributed by atoms with Gasteiger partial charge < -0.3 is 16.2 Å². The fourth-order valence-electron chi connectivity index (χ4n) is 3.74. The predicted octanol–water partition coefficient (Wildman–Crippen LogP) is 5.77. The zero-order chi connectivity index (χ0) is 22.1. The zero-order valence-electron chi connectivity index (χ0n) is 18.2. The number of unbranched alkanes of at least 4 members (excludes halogenated alkanes) is 6. The Bertz CT molecular complexity index is 982. The predicted molar refractivity (Wildman–Crippen MR) is 125 cm³/mol. The summed E-state index contributed by atoms with van der Waals surface area (Å²) in [5.74, 6) is 0.895. The number of rotatable bonds is 12. The summed E-state index contributed by atoms with van der Waals surface area (Å²) in [6.45, 7) is 2.89. The molecule has 0 aliphatic rings. The van der Waals surface area contributed by atoms with E-state index in [1.807, 2.05) is 54.6 Å². The second-order valence-electron chi connectivity index (χ2n) is 7.73. The van der Waals surface area contributed by atoms with Gasteiger partial charge in [0.1, 0.15) is 17.1 Å². The fraction of sp³-hybridized carbons (Fsp3) is 0.360. The second-order valence-corrected chi connectivity index (χ2v) is 7.73. The van der Waals surface area contributed by atoms with Gasteiger partial charge in [-0.15, -0.1) is 0 Å². The van der Waals surface area contributed by atoms with Gasteiger partial charge in [-0.3, -0.25) is 9.48 Å². The van der Waals surface area contributed by atoms with E-state index in [1.165, 1.54) is 32.1 Å². The number of aromatic nitrogens is 2. The van der Waals surface area contributed by atoms with Crippen LogP contribution in [0.25, 0.3) is 11.3 Å². The van der Waals surface area contributed by atoms with Gasteiger partial charge in [0.2, 0.25) is 0 Å². The monoisotopic (exact) mass is 420 g/mol. The minimum Gasteiger partial charge on any atom is -0.457 e. The Kier molecular flexibility index (Phi) is 8.10. The first kappa shape index (κ1) is 22.4. The molecule has 6 heteroatoms. The topological polar surface area (TPSA) is 96.2 Å². The lowest BCUT2D eigenvalue weighted by atomic mass is 10.0. The van der Waals surface area contributed by atoms with Gasteiger partial charge in [0.05, 0.1) is 5.69 Å². The number of nitrogens with two attached hydrogens (primary N) is 2. The third-order valence-corrected chi connectivity index (χ3v) is 5.31. The fourth-order valence-corrected chi connectivity index (χ4v) is 3.74. The highest BCUT2D eigenvalue weighted by Crippen LogP contribution is 2.37. The molecule has 3 rings (SSSR count). The van der Waals surface area contributed by atoms with Crippen LogP contribution < -0.4 is 16.2 Å². The summed E-state index contributed by atoms with van der Waals surface area (Å²) in [7, 11) is 0. The molecule has 6 nitrogen and oxygen atoms in total. The number of hydrogen-bond donors (Lipinski definition) is 2. The average Bonchev–Trinajstić information content (AvgIpc) is 3.10. The quantitative estimate of drug-likeness (QED) is 0.363. The van der Waals surface area contributed by atoms with Crippen LogP contribution in [-0.4, -0.2) is 15.7 Å². The van der Waals surface area contributed by atoms with Crippen LogP contribution in [0.3, 0.4) is 0 Å². The molecule has 0 aliphatic heterocycles. The van der Waals surface area contributed by atoms with Gasteiger partial charge in [-0.2, -0.15) is 5.10 Å². The van der Waals surface area contributed by atoms with Crippen molar-refractivity contribution in [3.63, 3.8) is 0 Å². The van der Waals surface area contributed by atoms with Crippen molar-refractivity contribution in [1.82, 2.24) is 9.78 Å². The molecule has 4 N–H and O–H groups in total. The first-order valence-corrected chi connectivity index (χ1v) is 11.1. The molecule has 0 unspecified atom stereocenters. The van der Waals surface area contributed by atoms with E-state index in [-0.39, 0.29) is 11.4 Å². The summed E-state index contributed by atoms with van der Waals surface area (Å²) < 4.78 is 7.91. The summed E-state index contributed by atoms with van der Waals surface area (Å²) in [5.41, 5.74) is 13.4. The third kappa shape index (κ3) is 5.87. The van der Waals surface area contributed by atoms with E-state index in [0.29, 0.717) is 23.7 Å². The van der Waals surface area contributed by atoms with E-state index in [4.69, 9.17) is 16.2 Å². The van der Waals surface area contributed by atoms with Gasteiger partial charge in [0.15, 0.2) is 5.82 Å². The minimum atomic E-state index is -0.590. The van der Waals surface area contributed by atoms with Gasteiger partial charge in [-0.25, -0.2) is 0 Å². The molecule has 2 aromatic carbocycles. The first-order chi connectivity index (χ1) is 15.1. The molecule has 1 amide bonds. The van der Waals surface area contributed by atoms with E-state index >= 15 is 0 Å². The third-order valence-electron chi connectivity index (χ3n) is 5.31. The number of benzene rings is 2. The molecule has 3 aromatic rings.